The summed E-state index contributed by atoms with van der Waals surface area (Å²) in [6.45, 7) is 3.24. The van der Waals surface area contributed by atoms with Crippen LogP contribution in [0.25, 0.3) is 0 Å². The highest BCUT2D eigenvalue weighted by molar-refractivity contribution is 5.89. The lowest BCUT2D eigenvalue weighted by Gasteiger charge is -2.05. The van der Waals surface area contributed by atoms with Gasteiger partial charge in [-0.1, -0.05) is 6.58 Å². The Morgan fingerprint density at radius 1 is 1.58 bits per heavy atom. The third kappa shape index (κ3) is 4.62. The van der Waals surface area contributed by atoms with Crippen molar-refractivity contribution in [2.24, 2.45) is 0 Å². The summed E-state index contributed by atoms with van der Waals surface area (Å²) in [5, 5.41) is 9.08. The van der Waals surface area contributed by atoms with Crippen molar-refractivity contribution >= 4 is 11.8 Å². The minimum absolute atomic E-state index is 0.0847. The van der Waals surface area contributed by atoms with Crippen molar-refractivity contribution in [3.63, 3.8) is 0 Å². The van der Waals surface area contributed by atoms with E-state index in [0.29, 0.717) is 0 Å². The maximum atomic E-state index is 10.7. The van der Waals surface area contributed by atoms with Crippen molar-refractivity contribution in [3.05, 3.63) is 12.7 Å². The zero-order valence-corrected chi connectivity index (χ0v) is 6.95. The van der Waals surface area contributed by atoms with E-state index in [4.69, 9.17) is 5.11 Å². The van der Waals surface area contributed by atoms with Crippen LogP contribution in [0.1, 0.15) is 12.8 Å². The monoisotopic (exact) mass is 172 g/mol. The standard InChI is InChI=1S/C8H12O4/c1-3-6(9)4-7(10)5-8(11)12-2/h3,7,10H,1,4-5H2,2H3. The molecule has 68 valence electrons. The van der Waals surface area contributed by atoms with E-state index in [-0.39, 0.29) is 18.6 Å². The molecule has 0 amide bonds. The number of hydrogen-bond acceptors (Lipinski definition) is 4. The van der Waals surface area contributed by atoms with Crippen LogP contribution < -0.4 is 0 Å². The van der Waals surface area contributed by atoms with Crippen molar-refractivity contribution in [1.29, 1.82) is 0 Å². The average molecular weight is 172 g/mol. The van der Waals surface area contributed by atoms with Crippen LogP contribution in [-0.4, -0.2) is 30.1 Å². The number of aliphatic hydroxyl groups excluding tert-OH is 1. The third-order valence-corrected chi connectivity index (χ3v) is 1.29. The molecule has 0 aromatic rings. The first kappa shape index (κ1) is 10.8. The molecule has 0 fully saturated rings. The number of hydrogen-bond donors (Lipinski definition) is 1. The summed E-state index contributed by atoms with van der Waals surface area (Å²) >= 11 is 0. The minimum atomic E-state index is -0.969. The van der Waals surface area contributed by atoms with E-state index < -0.39 is 12.1 Å². The van der Waals surface area contributed by atoms with Gasteiger partial charge in [-0.15, -0.1) is 0 Å². The van der Waals surface area contributed by atoms with Crippen LogP contribution in [-0.2, 0) is 14.3 Å². The maximum Gasteiger partial charge on any atom is 0.308 e. The summed E-state index contributed by atoms with van der Waals surface area (Å²) in [6.07, 6.45) is -0.0993. The SMILES string of the molecule is C=CC(=O)CC(O)CC(=O)OC. The van der Waals surface area contributed by atoms with E-state index in [0.717, 1.165) is 6.08 Å². The van der Waals surface area contributed by atoms with Crippen LogP contribution in [0.15, 0.2) is 12.7 Å². The largest absolute Gasteiger partial charge is 0.469 e. The molecular formula is C8H12O4. The van der Waals surface area contributed by atoms with Gasteiger partial charge in [-0.2, -0.15) is 0 Å². The highest BCUT2D eigenvalue weighted by atomic mass is 16.5. The van der Waals surface area contributed by atoms with Crippen LogP contribution in [0.4, 0.5) is 0 Å². The molecule has 0 rings (SSSR count). The highest BCUT2D eigenvalue weighted by Crippen LogP contribution is 2.00. The molecule has 0 aromatic heterocycles. The van der Waals surface area contributed by atoms with Crippen molar-refractivity contribution in [3.8, 4) is 0 Å². The second-order valence-corrected chi connectivity index (χ2v) is 2.31. The lowest BCUT2D eigenvalue weighted by molar-refractivity contribution is -0.143. The Morgan fingerprint density at radius 3 is 2.58 bits per heavy atom. The highest BCUT2D eigenvalue weighted by Gasteiger charge is 2.13. The first-order valence-electron chi connectivity index (χ1n) is 3.50. The number of rotatable bonds is 5. The summed E-state index contributed by atoms with van der Waals surface area (Å²) < 4.78 is 4.30. The first-order chi connectivity index (χ1) is 5.60. The van der Waals surface area contributed by atoms with E-state index in [9.17, 15) is 9.59 Å². The molecule has 0 aromatic carbocycles. The molecule has 0 aliphatic carbocycles. The number of esters is 1. The van der Waals surface area contributed by atoms with Crippen molar-refractivity contribution in [1.82, 2.24) is 0 Å². The van der Waals surface area contributed by atoms with Crippen molar-refractivity contribution in [2.45, 2.75) is 18.9 Å². The Labute approximate surface area is 70.8 Å². The normalized spacial score (nSPS) is 11.8. The van der Waals surface area contributed by atoms with Gasteiger partial charge in [0.2, 0.25) is 0 Å². The lowest BCUT2D eigenvalue weighted by Crippen LogP contribution is -2.17. The smallest absolute Gasteiger partial charge is 0.308 e. The zero-order valence-electron chi connectivity index (χ0n) is 6.95. The van der Waals surface area contributed by atoms with Crippen LogP contribution in [0.3, 0.4) is 0 Å². The van der Waals surface area contributed by atoms with Gasteiger partial charge in [0.25, 0.3) is 0 Å². The number of carbonyl (C=O) groups excluding carboxylic acids is 2. The Morgan fingerprint density at radius 2 is 2.17 bits per heavy atom. The van der Waals surface area contributed by atoms with E-state index in [1.54, 1.807) is 0 Å². The number of aliphatic hydroxyl groups is 1. The molecular weight excluding hydrogens is 160 g/mol. The summed E-state index contributed by atoms with van der Waals surface area (Å²) in [7, 11) is 1.23. The van der Waals surface area contributed by atoms with Gasteiger partial charge >= 0.3 is 5.97 Å². The molecule has 0 aliphatic rings. The maximum absolute atomic E-state index is 10.7. The minimum Gasteiger partial charge on any atom is -0.469 e. The van der Waals surface area contributed by atoms with Crippen LogP contribution in [0.2, 0.25) is 0 Å². The topological polar surface area (TPSA) is 63.6 Å². The van der Waals surface area contributed by atoms with Gasteiger partial charge in [-0.25, -0.2) is 0 Å². The molecule has 0 heterocycles. The Hall–Kier alpha value is -1.16. The van der Waals surface area contributed by atoms with Gasteiger partial charge in [-0.3, -0.25) is 9.59 Å². The third-order valence-electron chi connectivity index (χ3n) is 1.29. The quantitative estimate of drug-likeness (QED) is 0.470. The van der Waals surface area contributed by atoms with E-state index in [1.807, 2.05) is 0 Å². The molecule has 1 unspecified atom stereocenters. The Bertz CT molecular complexity index is 185. The summed E-state index contributed by atoms with van der Waals surface area (Å²) in [6, 6.07) is 0. The van der Waals surface area contributed by atoms with Gasteiger partial charge in [-0.05, 0) is 6.08 Å². The van der Waals surface area contributed by atoms with Crippen molar-refractivity contribution in [2.75, 3.05) is 7.11 Å². The Kier molecular flexibility index (Phi) is 4.96. The van der Waals surface area contributed by atoms with Crippen LogP contribution >= 0.6 is 0 Å². The Balaban J connectivity index is 3.73. The van der Waals surface area contributed by atoms with E-state index in [1.165, 1.54) is 7.11 Å². The van der Waals surface area contributed by atoms with Crippen LogP contribution in [0.5, 0.6) is 0 Å². The zero-order chi connectivity index (χ0) is 9.56. The fraction of sp³-hybridized carbons (Fsp3) is 0.500. The van der Waals surface area contributed by atoms with Gasteiger partial charge in [0.05, 0.1) is 19.6 Å². The fourth-order valence-corrected chi connectivity index (χ4v) is 0.663. The molecule has 0 aliphatic heterocycles. The fourth-order valence-electron chi connectivity index (χ4n) is 0.663. The number of methoxy groups -OCH3 is 1. The second kappa shape index (κ2) is 5.49. The summed E-state index contributed by atoms with van der Waals surface area (Å²) in [5.74, 6) is -0.814. The molecule has 4 heteroatoms. The van der Waals surface area contributed by atoms with Crippen molar-refractivity contribution < 1.29 is 19.4 Å². The number of allylic oxidation sites excluding steroid dienone is 1. The van der Waals surface area contributed by atoms with E-state index >= 15 is 0 Å². The molecule has 0 bridgehead atoms. The number of ether oxygens (including phenoxy) is 1. The summed E-state index contributed by atoms with van der Waals surface area (Å²) in [4.78, 5) is 21.2. The molecule has 1 N–H and O–H groups in total. The molecule has 4 nitrogen and oxygen atoms in total. The predicted molar refractivity (Wildman–Crippen MR) is 42.5 cm³/mol. The lowest BCUT2D eigenvalue weighted by atomic mass is 10.1. The molecule has 0 saturated heterocycles. The van der Waals surface area contributed by atoms with Gasteiger partial charge in [0, 0.05) is 6.42 Å². The molecule has 0 spiro atoms. The second-order valence-electron chi connectivity index (χ2n) is 2.31. The number of carbonyl (C=O) groups is 2. The molecule has 1 atom stereocenters. The van der Waals surface area contributed by atoms with Crippen LogP contribution in [0, 0.1) is 0 Å². The van der Waals surface area contributed by atoms with Gasteiger partial charge in [0.15, 0.2) is 5.78 Å². The molecule has 0 radical (unpaired) electrons. The number of ketones is 1. The predicted octanol–water partition coefficient (Wildman–Crippen LogP) is 0.0556. The molecule has 0 saturated carbocycles. The molecule has 12 heavy (non-hydrogen) atoms. The average Bonchev–Trinajstić information content (AvgIpc) is 2.03. The van der Waals surface area contributed by atoms with E-state index in [2.05, 4.69) is 11.3 Å². The first-order valence-corrected chi connectivity index (χ1v) is 3.50. The van der Waals surface area contributed by atoms with Gasteiger partial charge in [0.1, 0.15) is 0 Å². The van der Waals surface area contributed by atoms with Gasteiger partial charge < -0.3 is 9.84 Å². The summed E-state index contributed by atoms with van der Waals surface area (Å²) in [5.41, 5.74) is 0.